The average Bonchev–Trinajstić information content (AvgIpc) is 2.72. The van der Waals surface area contributed by atoms with Gasteiger partial charge in [-0.2, -0.15) is 4.73 Å². The number of aromatic nitrogens is 1. The molecule has 0 saturated heterocycles. The number of hydrogen-bond donors (Lipinski definition) is 1. The fraction of sp³-hybridized carbons (Fsp3) is 0.435. The maximum Gasteiger partial charge on any atom is 0.309 e. The van der Waals surface area contributed by atoms with Crippen LogP contribution in [0.2, 0.25) is 0 Å². The Bertz CT molecular complexity index is 898. The molecular formula is C23H29NO7. The lowest BCUT2D eigenvalue weighted by Gasteiger charge is -2.29. The Morgan fingerprint density at radius 2 is 1.74 bits per heavy atom. The first kappa shape index (κ1) is 24.0. The number of para-hydroxylation sites is 1. The van der Waals surface area contributed by atoms with Gasteiger partial charge < -0.3 is 24.5 Å². The van der Waals surface area contributed by atoms with E-state index in [1.807, 2.05) is 51.1 Å². The molecule has 0 amide bonds. The molecule has 0 aliphatic heterocycles. The molecule has 8 heteroatoms. The van der Waals surface area contributed by atoms with E-state index in [-0.39, 0.29) is 22.8 Å². The summed E-state index contributed by atoms with van der Waals surface area (Å²) in [5, 5.41) is 22.1. The van der Waals surface area contributed by atoms with Crippen molar-refractivity contribution in [2.45, 2.75) is 46.3 Å². The molecule has 168 valence electrons. The molecule has 1 aromatic carbocycles. The van der Waals surface area contributed by atoms with Crippen LogP contribution in [-0.2, 0) is 9.53 Å². The predicted molar refractivity (Wildman–Crippen MR) is 113 cm³/mol. The first-order valence-electron chi connectivity index (χ1n) is 10.1. The molecular weight excluding hydrogens is 402 g/mol. The molecule has 0 radical (unpaired) electrons. The fourth-order valence-corrected chi connectivity index (χ4v) is 3.19. The van der Waals surface area contributed by atoms with Gasteiger partial charge in [-0.05, 0) is 25.0 Å². The third-order valence-electron chi connectivity index (χ3n) is 4.85. The summed E-state index contributed by atoms with van der Waals surface area (Å²) in [5.74, 6) is -2.04. The molecule has 0 aliphatic carbocycles. The number of nitrogens with zero attached hydrogens (tertiary/aromatic N) is 1. The number of aromatic hydroxyl groups is 1. The molecule has 8 nitrogen and oxygen atoms in total. The van der Waals surface area contributed by atoms with Gasteiger partial charge in [0.15, 0.2) is 11.9 Å². The van der Waals surface area contributed by atoms with Crippen LogP contribution in [0.15, 0.2) is 42.6 Å². The summed E-state index contributed by atoms with van der Waals surface area (Å²) in [5.41, 5.74) is -0.472. The number of pyridine rings is 1. The van der Waals surface area contributed by atoms with E-state index >= 15 is 0 Å². The van der Waals surface area contributed by atoms with Crippen LogP contribution in [-0.4, -0.2) is 36.2 Å². The minimum Gasteiger partial charge on any atom is -0.618 e. The Morgan fingerprint density at radius 3 is 2.32 bits per heavy atom. The molecule has 0 fully saturated rings. The van der Waals surface area contributed by atoms with Crippen molar-refractivity contribution >= 4 is 11.8 Å². The second kappa shape index (κ2) is 10.7. The van der Waals surface area contributed by atoms with Gasteiger partial charge in [0.1, 0.15) is 18.0 Å². The minimum absolute atomic E-state index is 0.00237. The van der Waals surface area contributed by atoms with Gasteiger partial charge in [0.25, 0.3) is 0 Å². The van der Waals surface area contributed by atoms with Crippen molar-refractivity contribution in [1.29, 1.82) is 0 Å². The summed E-state index contributed by atoms with van der Waals surface area (Å²) >= 11 is 0. The molecule has 0 bridgehead atoms. The number of esters is 1. The van der Waals surface area contributed by atoms with Crippen molar-refractivity contribution in [3.63, 3.8) is 0 Å². The highest BCUT2D eigenvalue weighted by Crippen LogP contribution is 2.28. The highest BCUT2D eigenvalue weighted by Gasteiger charge is 2.32. The largest absolute Gasteiger partial charge is 0.618 e. The third kappa shape index (κ3) is 6.10. The zero-order chi connectivity index (χ0) is 23.1. The Kier molecular flexibility index (Phi) is 8.24. The van der Waals surface area contributed by atoms with Crippen molar-refractivity contribution in [3.8, 4) is 17.2 Å². The van der Waals surface area contributed by atoms with Gasteiger partial charge in [-0.3, -0.25) is 9.59 Å². The van der Waals surface area contributed by atoms with Crippen LogP contribution < -0.4 is 14.2 Å². The van der Waals surface area contributed by atoms with Crippen molar-refractivity contribution in [2.24, 2.45) is 11.8 Å². The predicted octanol–water partition coefficient (Wildman–Crippen LogP) is 3.28. The van der Waals surface area contributed by atoms with Crippen LogP contribution in [0.25, 0.3) is 0 Å². The highest BCUT2D eigenvalue weighted by atomic mass is 16.6. The number of benzene rings is 1. The number of carbonyl (C=O) groups is 2. The summed E-state index contributed by atoms with van der Waals surface area (Å²) in [4.78, 5) is 25.3. The monoisotopic (exact) mass is 431 g/mol. The Morgan fingerprint density at radius 1 is 1.10 bits per heavy atom. The van der Waals surface area contributed by atoms with E-state index in [2.05, 4.69) is 0 Å². The number of ketones is 1. The van der Waals surface area contributed by atoms with Crippen LogP contribution in [0.1, 0.15) is 44.6 Å². The topological polar surface area (TPSA) is 109 Å². The van der Waals surface area contributed by atoms with E-state index in [9.17, 15) is 19.9 Å². The van der Waals surface area contributed by atoms with Gasteiger partial charge in [0, 0.05) is 12.5 Å². The maximum absolute atomic E-state index is 12.7. The summed E-state index contributed by atoms with van der Waals surface area (Å²) in [7, 11) is 1.31. The van der Waals surface area contributed by atoms with Gasteiger partial charge in [0.05, 0.1) is 13.0 Å². The summed E-state index contributed by atoms with van der Waals surface area (Å²) in [6.45, 7) is 7.17. The van der Waals surface area contributed by atoms with Crippen LogP contribution >= 0.6 is 0 Å². The second-order valence-corrected chi connectivity index (χ2v) is 7.72. The third-order valence-corrected chi connectivity index (χ3v) is 4.85. The van der Waals surface area contributed by atoms with Gasteiger partial charge in [-0.25, -0.2) is 0 Å². The zero-order valence-electron chi connectivity index (χ0n) is 18.4. The van der Waals surface area contributed by atoms with Gasteiger partial charge in [0.2, 0.25) is 11.5 Å². The van der Waals surface area contributed by atoms with E-state index in [0.29, 0.717) is 5.75 Å². The van der Waals surface area contributed by atoms with Crippen molar-refractivity contribution in [2.75, 3.05) is 7.11 Å². The summed E-state index contributed by atoms with van der Waals surface area (Å²) in [6.07, 6.45) is -0.201. The van der Waals surface area contributed by atoms with Gasteiger partial charge in [-0.15, -0.1) is 0 Å². The number of carbonyl (C=O) groups excluding carboxylic acids is 2. The molecule has 0 aliphatic rings. The molecule has 0 saturated carbocycles. The second-order valence-electron chi connectivity index (χ2n) is 7.72. The van der Waals surface area contributed by atoms with Crippen LogP contribution in [0.4, 0.5) is 0 Å². The Balaban J connectivity index is 2.07. The number of ether oxygens (including phenoxy) is 3. The van der Waals surface area contributed by atoms with E-state index in [1.54, 1.807) is 0 Å². The SMILES string of the molecule is COc1cc[n+]([O-])c(C(=O)C[C@@H](C)C(=O)O[C@H](C(C)C)[C@H](C)Oc2ccccc2)c1O. The van der Waals surface area contributed by atoms with E-state index < -0.39 is 41.3 Å². The van der Waals surface area contributed by atoms with E-state index in [1.165, 1.54) is 20.1 Å². The normalized spacial score (nSPS) is 13.9. The van der Waals surface area contributed by atoms with E-state index in [4.69, 9.17) is 14.2 Å². The average molecular weight is 431 g/mol. The standard InChI is InChI=1S/C23H29NO7/c1-14(2)22(16(4)30-17-9-7-6-8-10-17)31-23(27)15(3)13-18(25)20-21(26)19(29-5)11-12-24(20)28/h6-12,14-16,22,26H,13H2,1-5H3/t15-,16+,22-/m1/s1. The fourth-order valence-electron chi connectivity index (χ4n) is 3.19. The van der Waals surface area contributed by atoms with Crippen LogP contribution in [0.5, 0.6) is 17.2 Å². The minimum atomic E-state index is -0.830. The quantitative estimate of drug-likeness (QED) is 0.266. The lowest BCUT2D eigenvalue weighted by atomic mass is 10.00. The Labute approximate surface area is 182 Å². The molecule has 1 N–H and O–H groups in total. The van der Waals surface area contributed by atoms with E-state index in [0.717, 1.165) is 6.20 Å². The number of Topliss-reactive ketones (excluding diaryl/α,β-unsaturated/α-hetero) is 1. The molecule has 0 spiro atoms. The lowest BCUT2D eigenvalue weighted by molar-refractivity contribution is -0.608. The number of hydrogen-bond acceptors (Lipinski definition) is 7. The maximum atomic E-state index is 12.7. The highest BCUT2D eigenvalue weighted by molar-refractivity contribution is 5.98. The van der Waals surface area contributed by atoms with Gasteiger partial charge >= 0.3 is 11.7 Å². The molecule has 1 heterocycles. The molecule has 0 unspecified atom stereocenters. The molecule has 2 aromatic rings. The first-order valence-corrected chi connectivity index (χ1v) is 10.1. The summed E-state index contributed by atoms with van der Waals surface area (Å²) < 4.78 is 16.7. The zero-order valence-corrected chi connectivity index (χ0v) is 18.4. The molecule has 3 atom stereocenters. The van der Waals surface area contributed by atoms with Crippen LogP contribution in [0.3, 0.4) is 0 Å². The smallest absolute Gasteiger partial charge is 0.309 e. The molecule has 31 heavy (non-hydrogen) atoms. The van der Waals surface area contributed by atoms with Crippen LogP contribution in [0, 0.1) is 17.0 Å². The van der Waals surface area contributed by atoms with Gasteiger partial charge in [-0.1, -0.05) is 39.0 Å². The van der Waals surface area contributed by atoms with Crippen molar-refractivity contribution < 1.29 is 33.6 Å². The Hall–Kier alpha value is -3.29. The van der Waals surface area contributed by atoms with Crippen molar-refractivity contribution in [3.05, 3.63) is 53.5 Å². The molecule has 1 aromatic heterocycles. The number of rotatable bonds is 10. The summed E-state index contributed by atoms with van der Waals surface area (Å²) in [6, 6.07) is 10.5. The first-order chi connectivity index (χ1) is 14.6. The number of methoxy groups -OCH3 is 1. The van der Waals surface area contributed by atoms with Crippen molar-refractivity contribution in [1.82, 2.24) is 0 Å². The molecule has 2 rings (SSSR count). The lowest BCUT2D eigenvalue weighted by Crippen LogP contribution is -2.39.